The van der Waals surface area contributed by atoms with Crippen LogP contribution in [0, 0.1) is 24.2 Å². The number of benzene rings is 1. The lowest BCUT2D eigenvalue weighted by molar-refractivity contribution is -0.121. The number of hydrogen-bond donors (Lipinski definition) is 0. The highest BCUT2D eigenvalue weighted by molar-refractivity contribution is 5.95. The first-order valence-corrected chi connectivity index (χ1v) is 8.05. The number of hydrogen-bond acceptors (Lipinski definition) is 4. The molecule has 122 valence electrons. The van der Waals surface area contributed by atoms with Gasteiger partial charge in [0.05, 0.1) is 11.5 Å². The highest BCUT2D eigenvalue weighted by Crippen LogP contribution is 2.27. The fourth-order valence-electron chi connectivity index (χ4n) is 3.08. The molecule has 0 aliphatic carbocycles. The van der Waals surface area contributed by atoms with Gasteiger partial charge in [0.1, 0.15) is 11.9 Å². The van der Waals surface area contributed by atoms with Crippen LogP contribution in [-0.2, 0) is 4.79 Å². The molecule has 3 rings (SSSR count). The molecule has 1 saturated heterocycles. The molecule has 1 aliphatic rings. The Hall–Kier alpha value is -2.87. The van der Waals surface area contributed by atoms with Crippen molar-refractivity contribution in [3.63, 3.8) is 0 Å². The number of rotatable bonds is 3. The zero-order valence-electron chi connectivity index (χ0n) is 13.9. The molecular formula is C19H20N4O. The van der Waals surface area contributed by atoms with E-state index in [0.29, 0.717) is 17.9 Å². The first-order chi connectivity index (χ1) is 11.6. The van der Waals surface area contributed by atoms with Crippen LogP contribution in [0.5, 0.6) is 0 Å². The zero-order chi connectivity index (χ0) is 17.1. The Bertz CT molecular complexity index is 782. The van der Waals surface area contributed by atoms with Crippen molar-refractivity contribution in [1.82, 2.24) is 4.98 Å². The van der Waals surface area contributed by atoms with Crippen LogP contribution in [0.3, 0.4) is 0 Å². The van der Waals surface area contributed by atoms with Gasteiger partial charge in [-0.1, -0.05) is 18.2 Å². The van der Waals surface area contributed by atoms with Crippen molar-refractivity contribution in [2.24, 2.45) is 5.92 Å². The molecule has 5 heteroatoms. The predicted octanol–water partition coefficient (Wildman–Crippen LogP) is 2.75. The van der Waals surface area contributed by atoms with Crippen molar-refractivity contribution in [1.29, 1.82) is 5.26 Å². The summed E-state index contributed by atoms with van der Waals surface area (Å²) in [6.07, 6.45) is 0.774. The number of nitrogens with zero attached hydrogens (tertiary/aromatic N) is 4. The molecule has 5 nitrogen and oxygen atoms in total. The minimum absolute atomic E-state index is 0.0796. The average molecular weight is 320 g/mol. The number of carbonyl (C=O) groups is 1. The van der Waals surface area contributed by atoms with E-state index in [2.05, 4.69) is 11.1 Å². The molecule has 0 N–H and O–H groups in total. The number of para-hydroxylation sites is 1. The highest BCUT2D eigenvalue weighted by Gasteiger charge is 2.32. The van der Waals surface area contributed by atoms with Gasteiger partial charge in [-0.3, -0.25) is 4.79 Å². The smallest absolute Gasteiger partial charge is 0.231 e. The maximum absolute atomic E-state index is 12.8. The molecule has 1 aromatic carbocycles. The number of aryl methyl sites for hydroxylation is 1. The number of nitriles is 1. The quantitative estimate of drug-likeness (QED) is 0.872. The van der Waals surface area contributed by atoms with Crippen LogP contribution in [0.1, 0.15) is 17.7 Å². The summed E-state index contributed by atoms with van der Waals surface area (Å²) >= 11 is 0. The van der Waals surface area contributed by atoms with Crippen LogP contribution in [0.2, 0.25) is 0 Å². The van der Waals surface area contributed by atoms with Crippen LogP contribution < -0.4 is 9.80 Å². The van der Waals surface area contributed by atoms with E-state index in [0.717, 1.165) is 24.3 Å². The van der Waals surface area contributed by atoms with Gasteiger partial charge in [0.15, 0.2) is 0 Å². The lowest BCUT2D eigenvalue weighted by Gasteiger charge is -2.22. The third kappa shape index (κ3) is 3.09. The van der Waals surface area contributed by atoms with E-state index >= 15 is 0 Å². The summed E-state index contributed by atoms with van der Waals surface area (Å²) in [6.45, 7) is 3.25. The van der Waals surface area contributed by atoms with E-state index in [9.17, 15) is 10.1 Å². The molecule has 2 heterocycles. The largest absolute Gasteiger partial charge is 0.355 e. The van der Waals surface area contributed by atoms with E-state index in [1.165, 1.54) is 0 Å². The SMILES string of the molecule is Cc1ccc(C#N)c(N2CC[C@H](C(=O)N(C)c3ccccc3)C2)n1. The van der Waals surface area contributed by atoms with E-state index in [1.54, 1.807) is 11.0 Å². The molecule has 1 aromatic heterocycles. The molecule has 1 atom stereocenters. The summed E-state index contributed by atoms with van der Waals surface area (Å²) in [4.78, 5) is 21.0. The Kier molecular flexibility index (Phi) is 4.48. The fraction of sp³-hybridized carbons (Fsp3) is 0.316. The van der Waals surface area contributed by atoms with Gasteiger partial charge < -0.3 is 9.80 Å². The summed E-state index contributed by atoms with van der Waals surface area (Å²) in [7, 11) is 1.81. The molecule has 0 saturated carbocycles. The van der Waals surface area contributed by atoms with Crippen LogP contribution in [0.4, 0.5) is 11.5 Å². The molecule has 1 fully saturated rings. The fourth-order valence-corrected chi connectivity index (χ4v) is 3.08. The van der Waals surface area contributed by atoms with Crippen LogP contribution in [-0.4, -0.2) is 31.0 Å². The van der Waals surface area contributed by atoms with Crippen molar-refractivity contribution in [2.45, 2.75) is 13.3 Å². The molecule has 2 aromatic rings. The molecule has 0 unspecified atom stereocenters. The van der Waals surface area contributed by atoms with Gasteiger partial charge in [-0.2, -0.15) is 5.26 Å². The van der Waals surface area contributed by atoms with E-state index in [4.69, 9.17) is 0 Å². The standard InChI is InChI=1S/C19H20N4O/c1-14-8-9-15(12-20)18(21-14)23-11-10-16(13-23)19(24)22(2)17-6-4-3-5-7-17/h3-9,16H,10-11,13H2,1-2H3/t16-/m0/s1. The molecule has 24 heavy (non-hydrogen) atoms. The summed E-state index contributed by atoms with van der Waals surface area (Å²) in [5, 5.41) is 9.29. The van der Waals surface area contributed by atoms with Crippen LogP contribution >= 0.6 is 0 Å². The van der Waals surface area contributed by atoms with Gasteiger partial charge in [-0.15, -0.1) is 0 Å². The summed E-state index contributed by atoms with van der Waals surface area (Å²) in [5.74, 6) is 0.717. The first-order valence-electron chi connectivity index (χ1n) is 8.05. The van der Waals surface area contributed by atoms with Gasteiger partial charge in [0, 0.05) is 31.5 Å². The van der Waals surface area contributed by atoms with Crippen LogP contribution in [0.15, 0.2) is 42.5 Å². The maximum Gasteiger partial charge on any atom is 0.231 e. The summed E-state index contributed by atoms with van der Waals surface area (Å²) in [5.41, 5.74) is 2.33. The second kappa shape index (κ2) is 6.71. The molecule has 0 spiro atoms. The van der Waals surface area contributed by atoms with E-state index < -0.39 is 0 Å². The Morgan fingerprint density at radius 1 is 1.29 bits per heavy atom. The van der Waals surface area contributed by atoms with E-state index in [1.807, 2.05) is 55.3 Å². The Morgan fingerprint density at radius 2 is 2.04 bits per heavy atom. The molecule has 1 aliphatic heterocycles. The van der Waals surface area contributed by atoms with Crippen LogP contribution in [0.25, 0.3) is 0 Å². The Morgan fingerprint density at radius 3 is 2.75 bits per heavy atom. The number of aromatic nitrogens is 1. The molecule has 0 bridgehead atoms. The van der Waals surface area contributed by atoms with Gasteiger partial charge in [0.2, 0.25) is 5.91 Å². The van der Waals surface area contributed by atoms with Crippen molar-refractivity contribution in [2.75, 3.05) is 29.9 Å². The second-order valence-corrected chi connectivity index (χ2v) is 6.10. The number of carbonyl (C=O) groups excluding carboxylic acids is 1. The van der Waals surface area contributed by atoms with Gasteiger partial charge in [-0.25, -0.2) is 4.98 Å². The topological polar surface area (TPSA) is 60.2 Å². The van der Waals surface area contributed by atoms with Crippen molar-refractivity contribution < 1.29 is 4.79 Å². The van der Waals surface area contributed by atoms with Crippen molar-refractivity contribution in [3.8, 4) is 6.07 Å². The summed E-state index contributed by atoms with van der Waals surface area (Å²) < 4.78 is 0. The van der Waals surface area contributed by atoms with Gasteiger partial charge >= 0.3 is 0 Å². The van der Waals surface area contributed by atoms with Gasteiger partial charge in [0.25, 0.3) is 0 Å². The second-order valence-electron chi connectivity index (χ2n) is 6.10. The van der Waals surface area contributed by atoms with Crippen molar-refractivity contribution in [3.05, 3.63) is 53.7 Å². The average Bonchev–Trinajstić information content (AvgIpc) is 3.11. The molecule has 1 amide bonds. The first kappa shape index (κ1) is 16.0. The van der Waals surface area contributed by atoms with Gasteiger partial charge in [-0.05, 0) is 37.6 Å². The monoisotopic (exact) mass is 320 g/mol. The van der Waals surface area contributed by atoms with Crippen molar-refractivity contribution >= 4 is 17.4 Å². The van der Waals surface area contributed by atoms with E-state index in [-0.39, 0.29) is 11.8 Å². The summed E-state index contributed by atoms with van der Waals surface area (Å²) in [6, 6.07) is 15.5. The number of anilines is 2. The zero-order valence-corrected chi connectivity index (χ0v) is 13.9. The number of amides is 1. The minimum Gasteiger partial charge on any atom is -0.355 e. The third-order valence-corrected chi connectivity index (χ3v) is 4.45. The lowest BCUT2D eigenvalue weighted by atomic mass is 10.1. The lowest BCUT2D eigenvalue weighted by Crippen LogP contribution is -2.34. The Labute approximate surface area is 142 Å². The molecule has 0 radical (unpaired) electrons. The molecular weight excluding hydrogens is 300 g/mol. The normalized spacial score (nSPS) is 16.7. The minimum atomic E-state index is -0.0796. The maximum atomic E-state index is 12.8. The predicted molar refractivity (Wildman–Crippen MR) is 93.9 cm³/mol. The third-order valence-electron chi connectivity index (χ3n) is 4.45. The highest BCUT2D eigenvalue weighted by atomic mass is 16.2. The Balaban J connectivity index is 1.75. The number of pyridine rings is 1.